The monoisotopic (exact) mass is 312 g/mol. The number of halogens is 2. The van der Waals surface area contributed by atoms with Gasteiger partial charge in [-0.15, -0.1) is 0 Å². The Balaban J connectivity index is 1.91. The van der Waals surface area contributed by atoms with Gasteiger partial charge in [-0.3, -0.25) is 9.58 Å². The highest BCUT2D eigenvalue weighted by Crippen LogP contribution is 2.20. The first kappa shape index (κ1) is 16.3. The quantitative estimate of drug-likeness (QED) is 0.841. The Morgan fingerprint density at radius 1 is 1.32 bits per heavy atom. The molecule has 22 heavy (non-hydrogen) atoms. The molecule has 0 spiro atoms. The largest absolute Gasteiger partial charge is 0.435 e. The zero-order valence-corrected chi connectivity index (χ0v) is 12.4. The SMILES string of the molecule is CN(Cc1ncnn1C)CC(O)c1ccc(OC(F)F)cc1. The number of hydrogen-bond acceptors (Lipinski definition) is 5. The maximum atomic E-state index is 12.1. The zero-order chi connectivity index (χ0) is 16.1. The average Bonchev–Trinajstić information content (AvgIpc) is 2.84. The predicted octanol–water partition coefficient (Wildman–Crippen LogP) is 1.58. The highest BCUT2D eigenvalue weighted by Gasteiger charge is 2.13. The first-order valence-electron chi connectivity index (χ1n) is 6.70. The van der Waals surface area contributed by atoms with E-state index in [4.69, 9.17) is 0 Å². The van der Waals surface area contributed by atoms with E-state index in [2.05, 4.69) is 14.8 Å². The molecule has 0 fully saturated rings. The first-order valence-corrected chi connectivity index (χ1v) is 6.70. The summed E-state index contributed by atoms with van der Waals surface area (Å²) < 4.78 is 30.1. The van der Waals surface area contributed by atoms with E-state index < -0.39 is 12.7 Å². The van der Waals surface area contributed by atoms with Crippen LogP contribution in [0.25, 0.3) is 0 Å². The Kier molecular flexibility index (Phi) is 5.40. The second-order valence-corrected chi connectivity index (χ2v) is 4.96. The van der Waals surface area contributed by atoms with Crippen LogP contribution in [0.4, 0.5) is 8.78 Å². The van der Waals surface area contributed by atoms with Gasteiger partial charge in [0.25, 0.3) is 0 Å². The number of aryl methyl sites for hydroxylation is 1. The van der Waals surface area contributed by atoms with Gasteiger partial charge in [0.1, 0.15) is 17.9 Å². The van der Waals surface area contributed by atoms with E-state index in [-0.39, 0.29) is 5.75 Å². The van der Waals surface area contributed by atoms with Crippen molar-refractivity contribution < 1.29 is 18.6 Å². The summed E-state index contributed by atoms with van der Waals surface area (Å²) in [6.45, 7) is -1.93. The molecule has 120 valence electrons. The molecule has 0 radical (unpaired) electrons. The molecule has 0 amide bonds. The van der Waals surface area contributed by atoms with E-state index in [1.807, 2.05) is 11.9 Å². The van der Waals surface area contributed by atoms with E-state index >= 15 is 0 Å². The lowest BCUT2D eigenvalue weighted by atomic mass is 10.1. The molecule has 1 atom stereocenters. The van der Waals surface area contributed by atoms with Crippen molar-refractivity contribution in [3.63, 3.8) is 0 Å². The summed E-state index contributed by atoms with van der Waals surface area (Å²) in [4.78, 5) is 6.02. The van der Waals surface area contributed by atoms with E-state index in [0.717, 1.165) is 5.82 Å². The number of ether oxygens (including phenoxy) is 1. The van der Waals surface area contributed by atoms with Gasteiger partial charge < -0.3 is 9.84 Å². The number of aromatic nitrogens is 3. The fourth-order valence-corrected chi connectivity index (χ4v) is 2.04. The molecule has 0 bridgehead atoms. The highest BCUT2D eigenvalue weighted by atomic mass is 19.3. The summed E-state index contributed by atoms with van der Waals surface area (Å²) in [6.07, 6.45) is 0.736. The Labute approximate surface area is 127 Å². The normalized spacial score (nSPS) is 12.9. The first-order chi connectivity index (χ1) is 10.5. The maximum Gasteiger partial charge on any atom is 0.387 e. The number of hydrogen-bond donors (Lipinski definition) is 1. The Bertz CT molecular complexity index is 589. The maximum absolute atomic E-state index is 12.1. The fourth-order valence-electron chi connectivity index (χ4n) is 2.04. The van der Waals surface area contributed by atoms with Crippen LogP contribution in [0.1, 0.15) is 17.5 Å². The number of aliphatic hydroxyl groups is 1. The van der Waals surface area contributed by atoms with Gasteiger partial charge in [0.15, 0.2) is 0 Å². The number of nitrogens with zero attached hydrogens (tertiary/aromatic N) is 4. The Morgan fingerprint density at radius 2 is 2.00 bits per heavy atom. The van der Waals surface area contributed by atoms with Gasteiger partial charge in [-0.05, 0) is 24.7 Å². The van der Waals surface area contributed by atoms with Crippen LogP contribution in [0.15, 0.2) is 30.6 Å². The van der Waals surface area contributed by atoms with Gasteiger partial charge in [-0.1, -0.05) is 12.1 Å². The molecule has 6 nitrogen and oxygen atoms in total. The molecule has 0 saturated carbocycles. The number of benzene rings is 1. The molecular weight excluding hydrogens is 294 g/mol. The van der Waals surface area contributed by atoms with Crippen LogP contribution < -0.4 is 4.74 Å². The minimum Gasteiger partial charge on any atom is -0.435 e. The lowest BCUT2D eigenvalue weighted by Gasteiger charge is -2.20. The third-order valence-corrected chi connectivity index (χ3v) is 3.19. The topological polar surface area (TPSA) is 63.4 Å². The van der Waals surface area contributed by atoms with Gasteiger partial charge >= 0.3 is 6.61 Å². The summed E-state index contributed by atoms with van der Waals surface area (Å²) in [5.74, 6) is 0.855. The predicted molar refractivity (Wildman–Crippen MR) is 75.4 cm³/mol. The van der Waals surface area contributed by atoms with Crippen molar-refractivity contribution in [1.82, 2.24) is 19.7 Å². The van der Waals surface area contributed by atoms with Crippen molar-refractivity contribution in [2.24, 2.45) is 7.05 Å². The lowest BCUT2D eigenvalue weighted by molar-refractivity contribution is -0.0498. The van der Waals surface area contributed by atoms with E-state index in [0.29, 0.717) is 18.7 Å². The molecule has 0 saturated heterocycles. The van der Waals surface area contributed by atoms with Gasteiger partial charge in [-0.25, -0.2) is 4.98 Å². The minimum atomic E-state index is -2.85. The van der Waals surface area contributed by atoms with Crippen LogP contribution in [-0.2, 0) is 13.6 Å². The standard InChI is InChI=1S/C14H18F2N4O2/c1-19(8-13-17-9-18-20(13)2)7-12(21)10-3-5-11(6-4-10)22-14(15)16/h3-6,9,12,14,21H,7-8H2,1-2H3. The van der Waals surface area contributed by atoms with Crippen LogP contribution in [0.2, 0.25) is 0 Å². The van der Waals surface area contributed by atoms with Crippen molar-refractivity contribution in [2.75, 3.05) is 13.6 Å². The van der Waals surface area contributed by atoms with Crippen LogP contribution in [-0.4, -0.2) is 45.0 Å². The number of aliphatic hydroxyl groups excluding tert-OH is 1. The van der Waals surface area contributed by atoms with E-state index in [1.54, 1.807) is 23.9 Å². The average molecular weight is 312 g/mol. The van der Waals surface area contributed by atoms with Gasteiger partial charge in [-0.2, -0.15) is 13.9 Å². The molecule has 1 aromatic carbocycles. The molecule has 1 N–H and O–H groups in total. The second kappa shape index (κ2) is 7.28. The Morgan fingerprint density at radius 3 is 2.55 bits per heavy atom. The second-order valence-electron chi connectivity index (χ2n) is 4.96. The van der Waals surface area contributed by atoms with Crippen molar-refractivity contribution >= 4 is 0 Å². The summed E-state index contributed by atoms with van der Waals surface area (Å²) in [7, 11) is 3.65. The van der Waals surface area contributed by atoms with Crippen LogP contribution in [0, 0.1) is 0 Å². The summed E-state index contributed by atoms with van der Waals surface area (Å²) in [6, 6.07) is 5.96. The third kappa shape index (κ3) is 4.47. The zero-order valence-electron chi connectivity index (χ0n) is 12.4. The highest BCUT2D eigenvalue weighted by molar-refractivity contribution is 5.28. The van der Waals surface area contributed by atoms with Crippen molar-refractivity contribution in [3.05, 3.63) is 42.0 Å². The fraction of sp³-hybridized carbons (Fsp3) is 0.429. The molecule has 0 aliphatic carbocycles. The molecule has 8 heteroatoms. The molecule has 1 heterocycles. The summed E-state index contributed by atoms with van der Waals surface area (Å²) in [5.41, 5.74) is 0.631. The lowest BCUT2D eigenvalue weighted by Crippen LogP contribution is -2.25. The molecule has 1 unspecified atom stereocenters. The van der Waals surface area contributed by atoms with Gasteiger partial charge in [0.2, 0.25) is 0 Å². The van der Waals surface area contributed by atoms with Crippen molar-refractivity contribution in [2.45, 2.75) is 19.3 Å². The minimum absolute atomic E-state index is 0.0680. The van der Waals surface area contributed by atoms with Crippen molar-refractivity contribution in [1.29, 1.82) is 0 Å². The van der Waals surface area contributed by atoms with Crippen LogP contribution >= 0.6 is 0 Å². The number of rotatable bonds is 7. The molecule has 1 aromatic heterocycles. The number of alkyl halides is 2. The molecule has 0 aliphatic rings. The van der Waals surface area contributed by atoms with Crippen molar-refractivity contribution in [3.8, 4) is 5.75 Å². The number of likely N-dealkylation sites (N-methyl/N-ethyl adjacent to an activating group) is 1. The smallest absolute Gasteiger partial charge is 0.387 e. The van der Waals surface area contributed by atoms with Gasteiger partial charge in [0, 0.05) is 13.6 Å². The third-order valence-electron chi connectivity index (χ3n) is 3.19. The molecular formula is C14H18F2N4O2. The molecule has 2 rings (SSSR count). The van der Waals surface area contributed by atoms with E-state index in [1.165, 1.54) is 18.5 Å². The molecule has 2 aromatic rings. The van der Waals surface area contributed by atoms with Crippen LogP contribution in [0.5, 0.6) is 5.75 Å². The van der Waals surface area contributed by atoms with Gasteiger partial charge in [0.05, 0.1) is 12.6 Å². The van der Waals surface area contributed by atoms with Crippen LogP contribution in [0.3, 0.4) is 0 Å². The molecule has 0 aliphatic heterocycles. The Hall–Kier alpha value is -2.06. The summed E-state index contributed by atoms with van der Waals surface area (Å²) >= 11 is 0. The van der Waals surface area contributed by atoms with E-state index in [9.17, 15) is 13.9 Å². The summed E-state index contributed by atoms with van der Waals surface area (Å²) in [5, 5.41) is 14.2.